The summed E-state index contributed by atoms with van der Waals surface area (Å²) in [5.41, 5.74) is 0.0973. The monoisotopic (exact) mass is 392 g/mol. The van der Waals surface area contributed by atoms with Gasteiger partial charge in [0, 0.05) is 18.3 Å². The van der Waals surface area contributed by atoms with E-state index in [-0.39, 0.29) is 41.3 Å². The Bertz CT molecular complexity index is 699. The average Bonchev–Trinajstić information content (AvgIpc) is 2.89. The lowest BCUT2D eigenvalue weighted by atomic mass is 9.49. The highest BCUT2D eigenvalue weighted by molar-refractivity contribution is 5.76. The van der Waals surface area contributed by atoms with Crippen molar-refractivity contribution >= 4 is 11.9 Å². The second-order valence-electron chi connectivity index (χ2n) is 9.81. The van der Waals surface area contributed by atoms with Crippen LogP contribution in [0.5, 0.6) is 0 Å². The molecule has 0 aromatic rings. The molecule has 3 fully saturated rings. The van der Waals surface area contributed by atoms with Crippen molar-refractivity contribution in [1.82, 2.24) is 0 Å². The fourth-order valence-electron chi connectivity index (χ4n) is 7.04. The Balaban J connectivity index is 1.80. The van der Waals surface area contributed by atoms with Gasteiger partial charge in [0.1, 0.15) is 12.2 Å². The molecule has 3 aliphatic carbocycles. The molecule has 0 amide bonds. The van der Waals surface area contributed by atoms with Crippen LogP contribution >= 0.6 is 0 Å². The number of carboxylic acids is 1. The van der Waals surface area contributed by atoms with Gasteiger partial charge in [-0.15, -0.1) is 0 Å². The van der Waals surface area contributed by atoms with Gasteiger partial charge in [0.05, 0.1) is 12.0 Å². The van der Waals surface area contributed by atoms with E-state index in [2.05, 4.69) is 19.9 Å². The van der Waals surface area contributed by atoms with Gasteiger partial charge in [-0.3, -0.25) is 9.59 Å². The van der Waals surface area contributed by atoms with Crippen LogP contribution in [0.1, 0.15) is 59.8 Å². The molecule has 6 heteroatoms. The zero-order valence-electron chi connectivity index (χ0n) is 17.3. The quantitative estimate of drug-likeness (QED) is 0.446. The lowest BCUT2D eigenvalue weighted by Crippen LogP contribution is -2.57. The maximum atomic E-state index is 12.7. The summed E-state index contributed by atoms with van der Waals surface area (Å²) in [6, 6.07) is 0. The number of esters is 1. The Labute approximate surface area is 166 Å². The van der Waals surface area contributed by atoms with Crippen molar-refractivity contribution in [2.24, 2.45) is 34.5 Å². The van der Waals surface area contributed by atoms with Crippen LogP contribution in [-0.4, -0.2) is 35.9 Å². The zero-order valence-corrected chi connectivity index (χ0v) is 17.3. The summed E-state index contributed by atoms with van der Waals surface area (Å²) >= 11 is 0. The number of hydrogen-bond donors (Lipinski definition) is 1. The average molecular weight is 392 g/mol. The van der Waals surface area contributed by atoms with Gasteiger partial charge in [-0.25, -0.2) is 9.78 Å². The van der Waals surface area contributed by atoms with Crippen LogP contribution in [0.2, 0.25) is 0 Å². The van der Waals surface area contributed by atoms with Crippen molar-refractivity contribution in [3.05, 3.63) is 11.6 Å². The first-order valence-electron chi connectivity index (χ1n) is 10.6. The minimum atomic E-state index is -0.730. The largest absolute Gasteiger partial charge is 0.481 e. The fraction of sp³-hybridized carbons (Fsp3) is 0.818. The van der Waals surface area contributed by atoms with E-state index in [1.54, 1.807) is 0 Å². The smallest absolute Gasteiger partial charge is 0.310 e. The van der Waals surface area contributed by atoms with Crippen molar-refractivity contribution in [2.75, 3.05) is 6.61 Å². The topological polar surface area (TPSA) is 82.1 Å². The summed E-state index contributed by atoms with van der Waals surface area (Å²) in [5.74, 6) is -0.515. The molecule has 6 nitrogen and oxygen atoms in total. The number of carbonyl (C=O) groups excluding carboxylic acids is 1. The van der Waals surface area contributed by atoms with Crippen molar-refractivity contribution < 1.29 is 29.2 Å². The number of fused-ring (bicyclic) bond motifs is 2. The van der Waals surface area contributed by atoms with Crippen molar-refractivity contribution in [3.63, 3.8) is 0 Å². The number of carbonyl (C=O) groups is 2. The molecule has 5 rings (SSSR count). The number of aliphatic carboxylic acids is 1. The molecule has 156 valence electrons. The fourth-order valence-corrected chi connectivity index (χ4v) is 7.04. The summed E-state index contributed by atoms with van der Waals surface area (Å²) in [5, 5.41) is 10.4. The molecular weight excluding hydrogens is 360 g/mol. The summed E-state index contributed by atoms with van der Waals surface area (Å²) in [7, 11) is 0. The molecule has 1 N–H and O–H groups in total. The van der Waals surface area contributed by atoms with Crippen LogP contribution in [-0.2, 0) is 24.1 Å². The minimum absolute atomic E-state index is 0.00351. The van der Waals surface area contributed by atoms with E-state index in [0.29, 0.717) is 25.4 Å². The molecule has 2 bridgehead atoms. The maximum Gasteiger partial charge on any atom is 0.310 e. The molecule has 0 spiro atoms. The highest BCUT2D eigenvalue weighted by Crippen LogP contribution is 2.67. The Kier molecular flexibility index (Phi) is 4.86. The second-order valence-corrected chi connectivity index (χ2v) is 9.81. The number of ether oxygens (including phenoxy) is 1. The van der Waals surface area contributed by atoms with Gasteiger partial charge in [-0.1, -0.05) is 19.9 Å². The third kappa shape index (κ3) is 2.75. The third-order valence-electron chi connectivity index (χ3n) is 8.22. The normalized spacial score (nSPS) is 44.5. The van der Waals surface area contributed by atoms with E-state index in [1.807, 2.05) is 6.92 Å². The Morgan fingerprint density at radius 3 is 2.64 bits per heavy atom. The van der Waals surface area contributed by atoms with Crippen LogP contribution in [0.4, 0.5) is 0 Å². The Morgan fingerprint density at radius 2 is 2.04 bits per heavy atom. The minimum Gasteiger partial charge on any atom is -0.481 e. The molecule has 0 radical (unpaired) electrons. The SMILES string of the molecule is CC(=O)OC[C@@]12CC[C@]3(C(=O)O)[C@@H](C(C)C)CC[C@H]3[C@@H]1[C@H]1C=C(C)[C@@H](C2)OO1. The molecule has 2 aliphatic heterocycles. The van der Waals surface area contributed by atoms with E-state index < -0.39 is 11.4 Å². The number of carboxylic acid groups (broad SMARTS) is 1. The van der Waals surface area contributed by atoms with Gasteiger partial charge in [0.2, 0.25) is 0 Å². The molecule has 28 heavy (non-hydrogen) atoms. The van der Waals surface area contributed by atoms with Crippen LogP contribution in [0, 0.1) is 34.5 Å². The van der Waals surface area contributed by atoms with E-state index in [1.165, 1.54) is 6.92 Å². The van der Waals surface area contributed by atoms with Crippen LogP contribution in [0.15, 0.2) is 11.6 Å². The van der Waals surface area contributed by atoms with Crippen LogP contribution in [0.25, 0.3) is 0 Å². The highest BCUT2D eigenvalue weighted by atomic mass is 17.2. The first-order chi connectivity index (χ1) is 13.2. The zero-order chi connectivity index (χ0) is 20.3. The Morgan fingerprint density at radius 1 is 1.29 bits per heavy atom. The van der Waals surface area contributed by atoms with Crippen molar-refractivity contribution in [2.45, 2.75) is 72.0 Å². The molecule has 0 unspecified atom stereocenters. The van der Waals surface area contributed by atoms with E-state index in [4.69, 9.17) is 14.5 Å². The molecule has 2 saturated carbocycles. The third-order valence-corrected chi connectivity index (χ3v) is 8.22. The first kappa shape index (κ1) is 19.9. The summed E-state index contributed by atoms with van der Waals surface area (Å²) in [6.45, 7) is 8.07. The molecule has 0 aromatic carbocycles. The predicted molar refractivity (Wildman–Crippen MR) is 101 cm³/mol. The van der Waals surface area contributed by atoms with Gasteiger partial charge in [-0.2, -0.15) is 0 Å². The van der Waals surface area contributed by atoms with Crippen LogP contribution in [0.3, 0.4) is 0 Å². The van der Waals surface area contributed by atoms with E-state index >= 15 is 0 Å². The second kappa shape index (κ2) is 6.84. The van der Waals surface area contributed by atoms with Gasteiger partial charge in [0.25, 0.3) is 0 Å². The number of rotatable bonds is 4. The molecule has 5 aliphatic rings. The molecule has 0 aromatic heterocycles. The van der Waals surface area contributed by atoms with E-state index in [9.17, 15) is 14.7 Å². The van der Waals surface area contributed by atoms with Gasteiger partial charge in [0.15, 0.2) is 0 Å². The number of hydrogen-bond acceptors (Lipinski definition) is 5. The summed E-state index contributed by atoms with van der Waals surface area (Å²) < 4.78 is 5.55. The van der Waals surface area contributed by atoms with Gasteiger partial charge >= 0.3 is 11.9 Å². The van der Waals surface area contributed by atoms with Crippen molar-refractivity contribution in [1.29, 1.82) is 0 Å². The van der Waals surface area contributed by atoms with Gasteiger partial charge < -0.3 is 9.84 Å². The highest BCUT2D eigenvalue weighted by Gasteiger charge is 2.68. The molecule has 2 heterocycles. The molecular formula is C22H32O6. The maximum absolute atomic E-state index is 12.7. The predicted octanol–water partition coefficient (Wildman–Crippen LogP) is 3.75. The summed E-state index contributed by atoms with van der Waals surface area (Å²) in [4.78, 5) is 35.8. The lowest BCUT2D eigenvalue weighted by Gasteiger charge is -2.54. The van der Waals surface area contributed by atoms with Gasteiger partial charge in [-0.05, 0) is 62.4 Å². The summed E-state index contributed by atoms with van der Waals surface area (Å²) in [6.07, 6.45) is 5.54. The molecule has 7 atom stereocenters. The lowest BCUT2D eigenvalue weighted by molar-refractivity contribution is -0.344. The first-order valence-corrected chi connectivity index (χ1v) is 10.6. The molecule has 1 saturated heterocycles. The van der Waals surface area contributed by atoms with Crippen LogP contribution < -0.4 is 0 Å². The Hall–Kier alpha value is -1.40. The van der Waals surface area contributed by atoms with E-state index in [0.717, 1.165) is 24.8 Å². The standard InChI is InChI=1S/C22H32O6/c1-12(2)15-5-6-16-19-17-9-13(3)18(28-27-17)10-21(19,11-26-14(4)23)7-8-22(15,16)20(24)25/h9,12,15-19H,5-8,10-11H2,1-4H3,(H,24,25)/t15-,16+,17-,18-,19-,21+,22+/m1/s1. The van der Waals surface area contributed by atoms with Crippen molar-refractivity contribution in [3.8, 4) is 0 Å².